The molecule has 1 unspecified atom stereocenters. The van der Waals surface area contributed by atoms with Gasteiger partial charge in [0.05, 0.1) is 17.2 Å². The molecule has 2 heterocycles. The van der Waals surface area contributed by atoms with E-state index >= 15 is 0 Å². The smallest absolute Gasteiger partial charge is 0.311 e. The van der Waals surface area contributed by atoms with Gasteiger partial charge in [-0.3, -0.25) is 14.6 Å². The molecule has 20 heavy (non-hydrogen) atoms. The predicted octanol–water partition coefficient (Wildman–Crippen LogP) is 1.94. The number of rotatable bonds is 4. The fourth-order valence-corrected chi connectivity index (χ4v) is 2.73. The molecule has 1 amide bonds. The Hall–Kier alpha value is -1.98. The van der Waals surface area contributed by atoms with E-state index in [0.717, 1.165) is 12.6 Å². The third-order valence-electron chi connectivity index (χ3n) is 3.83. The van der Waals surface area contributed by atoms with Crippen LogP contribution in [0.2, 0.25) is 0 Å². The molecule has 1 N–H and O–H groups in total. The summed E-state index contributed by atoms with van der Waals surface area (Å²) in [5.41, 5.74) is -0.953. The van der Waals surface area contributed by atoms with Gasteiger partial charge in [0.25, 0.3) is 5.91 Å². The molecule has 1 aliphatic heterocycles. The number of halogens is 1. The van der Waals surface area contributed by atoms with Crippen LogP contribution in [0.4, 0.5) is 4.39 Å². The zero-order valence-electron chi connectivity index (χ0n) is 11.3. The highest BCUT2D eigenvalue weighted by Gasteiger charge is 2.45. The molecule has 0 radical (unpaired) electrons. The normalized spacial score (nSPS) is 22.0. The fraction of sp³-hybridized carbons (Fsp3) is 0.500. The van der Waals surface area contributed by atoms with Crippen LogP contribution in [-0.4, -0.2) is 40.0 Å². The summed E-state index contributed by atoms with van der Waals surface area (Å²) in [7, 11) is 0. The summed E-state index contributed by atoms with van der Waals surface area (Å²) in [4.78, 5) is 28.7. The number of amides is 1. The minimum Gasteiger partial charge on any atom is -0.481 e. The van der Waals surface area contributed by atoms with Gasteiger partial charge in [-0.05, 0) is 18.9 Å². The molecule has 0 aliphatic carbocycles. The average Bonchev–Trinajstić information content (AvgIpc) is 2.85. The number of nitrogens with zero attached hydrogens (tertiary/aromatic N) is 2. The SMILES string of the molecule is CCCC1(C(=O)O)CCN(C(=O)c2ccncc2F)C1. The van der Waals surface area contributed by atoms with E-state index in [0.29, 0.717) is 19.4 Å². The number of hydrogen-bond acceptors (Lipinski definition) is 3. The van der Waals surface area contributed by atoms with Crippen LogP contribution in [0.25, 0.3) is 0 Å². The zero-order chi connectivity index (χ0) is 14.8. The van der Waals surface area contributed by atoms with E-state index < -0.39 is 23.1 Å². The van der Waals surface area contributed by atoms with Gasteiger partial charge in [0.1, 0.15) is 0 Å². The molecular weight excluding hydrogens is 263 g/mol. The topological polar surface area (TPSA) is 70.5 Å². The lowest BCUT2D eigenvalue weighted by atomic mass is 9.83. The van der Waals surface area contributed by atoms with Crippen molar-refractivity contribution in [3.05, 3.63) is 29.8 Å². The monoisotopic (exact) mass is 280 g/mol. The molecule has 0 saturated carbocycles. The van der Waals surface area contributed by atoms with Crippen LogP contribution >= 0.6 is 0 Å². The van der Waals surface area contributed by atoms with Gasteiger partial charge in [-0.25, -0.2) is 4.39 Å². The molecular formula is C14H17FN2O3. The van der Waals surface area contributed by atoms with Crippen LogP contribution < -0.4 is 0 Å². The second-order valence-electron chi connectivity index (χ2n) is 5.17. The summed E-state index contributed by atoms with van der Waals surface area (Å²) >= 11 is 0. The van der Waals surface area contributed by atoms with Crippen LogP contribution in [0.3, 0.4) is 0 Å². The maximum absolute atomic E-state index is 13.6. The third-order valence-corrected chi connectivity index (χ3v) is 3.83. The van der Waals surface area contributed by atoms with Gasteiger partial charge < -0.3 is 10.0 Å². The number of aromatic nitrogens is 1. The Morgan fingerprint density at radius 2 is 2.30 bits per heavy atom. The molecule has 1 fully saturated rings. The first-order valence-corrected chi connectivity index (χ1v) is 6.62. The molecule has 1 aromatic heterocycles. The zero-order valence-corrected chi connectivity index (χ0v) is 11.3. The van der Waals surface area contributed by atoms with Crippen molar-refractivity contribution in [3.63, 3.8) is 0 Å². The summed E-state index contributed by atoms with van der Waals surface area (Å²) < 4.78 is 13.6. The van der Waals surface area contributed by atoms with Gasteiger partial charge in [0.15, 0.2) is 5.82 Å². The molecule has 1 aromatic rings. The van der Waals surface area contributed by atoms with Crippen LogP contribution in [0.1, 0.15) is 36.5 Å². The van der Waals surface area contributed by atoms with Crippen molar-refractivity contribution in [1.82, 2.24) is 9.88 Å². The third kappa shape index (κ3) is 2.50. The van der Waals surface area contributed by atoms with E-state index in [1.165, 1.54) is 17.2 Å². The van der Waals surface area contributed by atoms with Crippen molar-refractivity contribution in [2.24, 2.45) is 5.41 Å². The highest BCUT2D eigenvalue weighted by atomic mass is 19.1. The molecule has 1 atom stereocenters. The molecule has 0 aromatic carbocycles. The molecule has 0 bridgehead atoms. The van der Waals surface area contributed by atoms with Crippen molar-refractivity contribution >= 4 is 11.9 Å². The van der Waals surface area contributed by atoms with E-state index in [1.807, 2.05) is 6.92 Å². The number of carbonyl (C=O) groups is 2. The van der Waals surface area contributed by atoms with Gasteiger partial charge in [-0.15, -0.1) is 0 Å². The van der Waals surface area contributed by atoms with Gasteiger partial charge in [-0.2, -0.15) is 0 Å². The number of pyridine rings is 1. The lowest BCUT2D eigenvalue weighted by Crippen LogP contribution is -2.37. The number of carboxylic acids is 1. The lowest BCUT2D eigenvalue weighted by Gasteiger charge is -2.24. The second-order valence-corrected chi connectivity index (χ2v) is 5.17. The second kappa shape index (κ2) is 5.56. The van der Waals surface area contributed by atoms with Crippen LogP contribution in [0.5, 0.6) is 0 Å². The van der Waals surface area contributed by atoms with E-state index in [-0.39, 0.29) is 12.1 Å². The Kier molecular flexibility index (Phi) is 4.01. The Morgan fingerprint density at radius 3 is 2.90 bits per heavy atom. The quantitative estimate of drug-likeness (QED) is 0.915. The van der Waals surface area contributed by atoms with Gasteiger partial charge in [0.2, 0.25) is 0 Å². The minimum atomic E-state index is -0.895. The van der Waals surface area contributed by atoms with Gasteiger partial charge in [0, 0.05) is 19.3 Å². The maximum Gasteiger partial charge on any atom is 0.311 e. The lowest BCUT2D eigenvalue weighted by molar-refractivity contribution is -0.148. The van der Waals surface area contributed by atoms with Crippen molar-refractivity contribution in [2.75, 3.05) is 13.1 Å². The van der Waals surface area contributed by atoms with Crippen LogP contribution in [-0.2, 0) is 4.79 Å². The minimum absolute atomic E-state index is 0.0577. The Labute approximate surface area is 116 Å². The Morgan fingerprint density at radius 1 is 1.55 bits per heavy atom. The van der Waals surface area contributed by atoms with Crippen molar-refractivity contribution in [3.8, 4) is 0 Å². The molecule has 1 aliphatic rings. The largest absolute Gasteiger partial charge is 0.481 e. The van der Waals surface area contributed by atoms with Crippen molar-refractivity contribution < 1.29 is 19.1 Å². The van der Waals surface area contributed by atoms with Crippen LogP contribution in [0, 0.1) is 11.2 Å². The maximum atomic E-state index is 13.6. The summed E-state index contributed by atoms with van der Waals surface area (Å²) in [6.45, 7) is 2.39. The van der Waals surface area contributed by atoms with Crippen molar-refractivity contribution in [1.29, 1.82) is 0 Å². The molecule has 2 rings (SSSR count). The number of carbonyl (C=O) groups excluding carboxylic acids is 1. The molecule has 0 spiro atoms. The standard InChI is InChI=1S/C14H17FN2O3/c1-2-4-14(13(19)20)5-7-17(9-14)12(18)10-3-6-16-8-11(10)15/h3,6,8H,2,4-5,7,9H2,1H3,(H,19,20). The van der Waals surface area contributed by atoms with E-state index in [4.69, 9.17) is 0 Å². The highest BCUT2D eigenvalue weighted by Crippen LogP contribution is 2.36. The summed E-state index contributed by atoms with van der Waals surface area (Å²) in [5, 5.41) is 9.40. The molecule has 5 nitrogen and oxygen atoms in total. The van der Waals surface area contributed by atoms with Crippen LogP contribution in [0.15, 0.2) is 18.5 Å². The number of aliphatic carboxylic acids is 1. The first-order chi connectivity index (χ1) is 9.50. The Balaban J connectivity index is 2.19. The van der Waals surface area contributed by atoms with E-state index in [9.17, 15) is 19.1 Å². The molecule has 108 valence electrons. The van der Waals surface area contributed by atoms with Gasteiger partial charge in [-0.1, -0.05) is 13.3 Å². The molecule has 1 saturated heterocycles. The summed E-state index contributed by atoms with van der Waals surface area (Å²) in [6, 6.07) is 1.32. The first kappa shape index (κ1) is 14.4. The number of carboxylic acid groups (broad SMARTS) is 1. The first-order valence-electron chi connectivity index (χ1n) is 6.62. The van der Waals surface area contributed by atoms with Gasteiger partial charge >= 0.3 is 5.97 Å². The fourth-order valence-electron chi connectivity index (χ4n) is 2.73. The highest BCUT2D eigenvalue weighted by molar-refractivity contribution is 5.95. The van der Waals surface area contributed by atoms with E-state index in [1.54, 1.807) is 0 Å². The molecule has 6 heteroatoms. The predicted molar refractivity (Wildman–Crippen MR) is 69.7 cm³/mol. The summed E-state index contributed by atoms with van der Waals surface area (Å²) in [5.74, 6) is -2.03. The van der Waals surface area contributed by atoms with Crippen molar-refractivity contribution in [2.45, 2.75) is 26.2 Å². The Bertz CT molecular complexity index is 535. The number of hydrogen-bond donors (Lipinski definition) is 1. The van der Waals surface area contributed by atoms with E-state index in [2.05, 4.69) is 4.98 Å². The summed E-state index contributed by atoms with van der Waals surface area (Å²) in [6.07, 6.45) is 4.00. The average molecular weight is 280 g/mol. The number of likely N-dealkylation sites (tertiary alicyclic amines) is 1.